The van der Waals surface area contributed by atoms with E-state index in [2.05, 4.69) is 10.3 Å². The van der Waals surface area contributed by atoms with Crippen LogP contribution >= 0.6 is 22.7 Å². The summed E-state index contributed by atoms with van der Waals surface area (Å²) >= 11 is 2.96. The Kier molecular flexibility index (Phi) is 5.69. The highest BCUT2D eigenvalue weighted by Gasteiger charge is 2.13. The Morgan fingerprint density at radius 2 is 2.04 bits per heavy atom. The monoisotopic (exact) mass is 394 g/mol. The molecule has 134 valence electrons. The van der Waals surface area contributed by atoms with Crippen LogP contribution in [0.25, 0.3) is 10.6 Å². The number of halogens is 2. The van der Waals surface area contributed by atoms with E-state index in [4.69, 9.17) is 4.74 Å². The summed E-state index contributed by atoms with van der Waals surface area (Å²) in [5, 5.41) is 8.59. The Bertz CT molecular complexity index is 926. The van der Waals surface area contributed by atoms with Gasteiger partial charge in [-0.3, -0.25) is 9.59 Å². The number of esters is 1. The Hall–Kier alpha value is -2.65. The van der Waals surface area contributed by atoms with Crippen LogP contribution in [-0.2, 0) is 20.7 Å². The molecule has 1 N–H and O–H groups in total. The number of nitrogens with zero attached hydrogens (tertiary/aromatic N) is 1. The molecule has 1 aromatic carbocycles. The van der Waals surface area contributed by atoms with E-state index in [1.807, 2.05) is 16.8 Å². The first-order valence-electron chi connectivity index (χ1n) is 7.39. The number of aromatic nitrogens is 1. The van der Waals surface area contributed by atoms with Crippen LogP contribution in [0.3, 0.4) is 0 Å². The van der Waals surface area contributed by atoms with Gasteiger partial charge in [0.15, 0.2) is 6.61 Å². The van der Waals surface area contributed by atoms with Crippen LogP contribution in [0.15, 0.2) is 40.4 Å². The number of amides is 1. The first-order valence-corrected chi connectivity index (χ1v) is 9.21. The smallest absolute Gasteiger partial charge is 0.312 e. The van der Waals surface area contributed by atoms with E-state index in [1.165, 1.54) is 11.3 Å². The number of thiophene rings is 1. The van der Waals surface area contributed by atoms with Gasteiger partial charge in [0, 0.05) is 22.4 Å². The number of thiazole rings is 1. The zero-order valence-electron chi connectivity index (χ0n) is 13.2. The minimum Gasteiger partial charge on any atom is -0.455 e. The lowest BCUT2D eigenvalue weighted by Crippen LogP contribution is -2.22. The van der Waals surface area contributed by atoms with Gasteiger partial charge in [0.2, 0.25) is 0 Å². The van der Waals surface area contributed by atoms with E-state index in [0.29, 0.717) is 5.69 Å². The maximum atomic E-state index is 13.4. The zero-order valence-corrected chi connectivity index (χ0v) is 14.8. The number of hydrogen-bond donors (Lipinski definition) is 1. The van der Waals surface area contributed by atoms with Crippen molar-refractivity contribution in [2.24, 2.45) is 0 Å². The summed E-state index contributed by atoms with van der Waals surface area (Å²) < 4.78 is 31.3. The number of benzene rings is 1. The quantitative estimate of drug-likeness (QED) is 0.645. The molecule has 3 aromatic rings. The van der Waals surface area contributed by atoms with Crippen molar-refractivity contribution in [3.8, 4) is 10.6 Å². The van der Waals surface area contributed by atoms with Gasteiger partial charge in [0.1, 0.15) is 16.6 Å². The Morgan fingerprint density at radius 3 is 2.81 bits per heavy atom. The van der Waals surface area contributed by atoms with Crippen molar-refractivity contribution >= 4 is 40.2 Å². The van der Waals surface area contributed by atoms with E-state index in [-0.39, 0.29) is 12.1 Å². The molecule has 0 aliphatic rings. The van der Waals surface area contributed by atoms with Gasteiger partial charge in [0.05, 0.1) is 17.8 Å². The molecule has 0 atom stereocenters. The molecule has 0 fully saturated rings. The van der Waals surface area contributed by atoms with Crippen molar-refractivity contribution in [2.45, 2.75) is 6.42 Å². The van der Waals surface area contributed by atoms with Gasteiger partial charge in [0.25, 0.3) is 5.91 Å². The number of carbonyl (C=O) groups excluding carboxylic acids is 2. The zero-order chi connectivity index (χ0) is 18.5. The molecular weight excluding hydrogens is 382 g/mol. The number of anilines is 1. The third kappa shape index (κ3) is 4.70. The summed E-state index contributed by atoms with van der Waals surface area (Å²) in [6, 6.07) is 4.60. The number of carbonyl (C=O) groups is 2. The summed E-state index contributed by atoms with van der Waals surface area (Å²) in [4.78, 5) is 27.9. The molecule has 0 saturated carbocycles. The predicted octanol–water partition coefficient (Wildman–Crippen LogP) is 3.87. The predicted molar refractivity (Wildman–Crippen MR) is 95.1 cm³/mol. The van der Waals surface area contributed by atoms with Gasteiger partial charge in [-0.1, -0.05) is 0 Å². The Labute approximate surface area is 155 Å². The first-order chi connectivity index (χ1) is 12.5. The number of nitrogens with one attached hydrogen (secondary N) is 1. The van der Waals surface area contributed by atoms with Crippen molar-refractivity contribution in [2.75, 3.05) is 11.9 Å². The first kappa shape index (κ1) is 18.2. The molecule has 3 rings (SSSR count). The second-order valence-corrected chi connectivity index (χ2v) is 6.80. The number of hydrogen-bond acceptors (Lipinski definition) is 6. The molecule has 0 aliphatic carbocycles. The van der Waals surface area contributed by atoms with Crippen LogP contribution in [0.4, 0.5) is 14.5 Å². The molecular formula is C17H12F2N2O3S2. The fourth-order valence-electron chi connectivity index (χ4n) is 2.03. The van der Waals surface area contributed by atoms with Crippen molar-refractivity contribution in [1.29, 1.82) is 0 Å². The highest BCUT2D eigenvalue weighted by molar-refractivity contribution is 7.14. The SMILES string of the molecule is O=C(COC(=O)Cc1csc(-c2ccsc2)n1)Nc1cc(F)ccc1F. The third-order valence-corrected chi connectivity index (χ3v) is 4.84. The molecule has 2 aromatic heterocycles. The lowest BCUT2D eigenvalue weighted by Gasteiger charge is -2.07. The highest BCUT2D eigenvalue weighted by atomic mass is 32.1. The van der Waals surface area contributed by atoms with Crippen LogP contribution in [0.2, 0.25) is 0 Å². The van der Waals surface area contributed by atoms with Gasteiger partial charge in [-0.25, -0.2) is 13.8 Å². The summed E-state index contributed by atoms with van der Waals surface area (Å²) in [7, 11) is 0. The van der Waals surface area contributed by atoms with Gasteiger partial charge in [-0.2, -0.15) is 11.3 Å². The van der Waals surface area contributed by atoms with Gasteiger partial charge in [-0.15, -0.1) is 11.3 Å². The van der Waals surface area contributed by atoms with Gasteiger partial charge in [-0.05, 0) is 23.6 Å². The molecule has 9 heteroatoms. The van der Waals surface area contributed by atoms with E-state index >= 15 is 0 Å². The molecule has 0 radical (unpaired) electrons. The second kappa shape index (κ2) is 8.15. The maximum Gasteiger partial charge on any atom is 0.312 e. The molecule has 26 heavy (non-hydrogen) atoms. The molecule has 1 amide bonds. The fraction of sp³-hybridized carbons (Fsp3) is 0.118. The summed E-state index contributed by atoms with van der Waals surface area (Å²) in [5.41, 5.74) is 1.21. The number of rotatable bonds is 6. The number of ether oxygens (including phenoxy) is 1. The summed E-state index contributed by atoms with van der Waals surface area (Å²) in [6.07, 6.45) is -0.0811. The van der Waals surface area contributed by atoms with Crippen LogP contribution in [0.1, 0.15) is 5.69 Å². The average molecular weight is 394 g/mol. The molecule has 5 nitrogen and oxygen atoms in total. The van der Waals surface area contributed by atoms with Crippen LogP contribution < -0.4 is 5.32 Å². The molecule has 0 aliphatic heterocycles. The minimum absolute atomic E-state index is 0.0811. The van der Waals surface area contributed by atoms with Gasteiger partial charge < -0.3 is 10.1 Å². The fourth-order valence-corrected chi connectivity index (χ4v) is 3.56. The molecule has 0 saturated heterocycles. The van der Waals surface area contributed by atoms with E-state index in [9.17, 15) is 18.4 Å². The summed E-state index contributed by atoms with van der Waals surface area (Å²) in [5.74, 6) is -2.87. The molecule has 0 unspecified atom stereocenters. The lowest BCUT2D eigenvalue weighted by atomic mass is 10.3. The normalized spacial score (nSPS) is 10.5. The minimum atomic E-state index is -0.783. The third-order valence-electron chi connectivity index (χ3n) is 3.21. The van der Waals surface area contributed by atoms with Crippen molar-refractivity contribution in [1.82, 2.24) is 4.98 Å². The van der Waals surface area contributed by atoms with Crippen LogP contribution in [-0.4, -0.2) is 23.5 Å². The Morgan fingerprint density at radius 1 is 1.19 bits per heavy atom. The largest absolute Gasteiger partial charge is 0.455 e. The van der Waals surface area contributed by atoms with Crippen molar-refractivity contribution in [3.63, 3.8) is 0 Å². The highest BCUT2D eigenvalue weighted by Crippen LogP contribution is 2.25. The topological polar surface area (TPSA) is 68.3 Å². The standard InChI is InChI=1S/C17H12F2N2O3S2/c18-11-1-2-13(19)14(5-11)21-15(22)7-24-16(23)6-12-9-26-17(20-12)10-3-4-25-8-10/h1-5,8-9H,6-7H2,(H,21,22). The van der Waals surface area contributed by atoms with Crippen LogP contribution in [0, 0.1) is 11.6 Å². The van der Waals surface area contributed by atoms with E-state index < -0.39 is 30.1 Å². The van der Waals surface area contributed by atoms with Crippen LogP contribution in [0.5, 0.6) is 0 Å². The van der Waals surface area contributed by atoms with Crippen molar-refractivity contribution < 1.29 is 23.1 Å². The molecule has 0 spiro atoms. The van der Waals surface area contributed by atoms with Crippen molar-refractivity contribution in [3.05, 3.63) is 57.7 Å². The van der Waals surface area contributed by atoms with E-state index in [1.54, 1.807) is 16.7 Å². The van der Waals surface area contributed by atoms with E-state index in [0.717, 1.165) is 28.8 Å². The molecule has 0 bridgehead atoms. The second-order valence-electron chi connectivity index (χ2n) is 5.17. The average Bonchev–Trinajstić information content (AvgIpc) is 3.28. The maximum absolute atomic E-state index is 13.4. The lowest BCUT2D eigenvalue weighted by molar-refractivity contribution is -0.146. The van der Waals surface area contributed by atoms with Gasteiger partial charge >= 0.3 is 5.97 Å². The molecule has 2 heterocycles. The summed E-state index contributed by atoms with van der Waals surface area (Å²) in [6.45, 7) is -0.601. The Balaban J connectivity index is 1.49.